The number of nitrogens with one attached hydrogen (secondary N) is 1. The fourth-order valence-electron chi connectivity index (χ4n) is 2.76. The Morgan fingerprint density at radius 2 is 1.96 bits per heavy atom. The second-order valence-electron chi connectivity index (χ2n) is 6.00. The lowest BCUT2D eigenvalue weighted by Crippen LogP contribution is -2.32. The van der Waals surface area contributed by atoms with Crippen molar-refractivity contribution in [3.05, 3.63) is 23.3 Å². The van der Waals surface area contributed by atoms with Crippen molar-refractivity contribution in [3.63, 3.8) is 0 Å². The van der Waals surface area contributed by atoms with Crippen LogP contribution in [-0.4, -0.2) is 54.1 Å². The predicted octanol–water partition coefficient (Wildman–Crippen LogP) is 2.32. The van der Waals surface area contributed by atoms with Gasteiger partial charge in [-0.3, -0.25) is 4.79 Å². The van der Waals surface area contributed by atoms with Crippen LogP contribution in [0.4, 0.5) is 5.69 Å². The third kappa shape index (κ3) is 5.01. The van der Waals surface area contributed by atoms with Gasteiger partial charge in [-0.25, -0.2) is 0 Å². The van der Waals surface area contributed by atoms with Gasteiger partial charge in [0.1, 0.15) is 5.75 Å². The highest BCUT2D eigenvalue weighted by atomic mass is 35.5. The topological polar surface area (TPSA) is 61.8 Å². The molecule has 1 heterocycles. The van der Waals surface area contributed by atoms with E-state index in [0.717, 1.165) is 48.5 Å². The molecule has 2 rings (SSSR count). The minimum absolute atomic E-state index is 0.0498. The maximum Gasteiger partial charge on any atom is 0.260 e. The van der Waals surface area contributed by atoms with E-state index >= 15 is 0 Å². The molecule has 0 radical (unpaired) electrons. The van der Waals surface area contributed by atoms with Crippen LogP contribution in [0.15, 0.2) is 12.1 Å². The van der Waals surface area contributed by atoms with Crippen LogP contribution < -0.4 is 10.1 Å². The summed E-state index contributed by atoms with van der Waals surface area (Å²) in [6.45, 7) is 6.06. The van der Waals surface area contributed by atoms with E-state index in [4.69, 9.17) is 16.3 Å². The molecule has 1 fully saturated rings. The summed E-state index contributed by atoms with van der Waals surface area (Å²) in [7, 11) is 0. The van der Waals surface area contributed by atoms with Gasteiger partial charge < -0.3 is 20.1 Å². The molecule has 0 saturated carbocycles. The highest BCUT2D eigenvalue weighted by molar-refractivity contribution is 6.18. The van der Waals surface area contributed by atoms with E-state index in [0.29, 0.717) is 6.54 Å². The number of amides is 1. The number of aryl methyl sites for hydroxylation is 2. The van der Waals surface area contributed by atoms with Crippen molar-refractivity contribution in [1.82, 2.24) is 4.90 Å². The number of rotatable bonds is 7. The number of anilines is 1. The molecule has 1 unspecified atom stereocenters. The zero-order chi connectivity index (χ0) is 16.8. The average Bonchev–Trinajstić information content (AvgIpc) is 3.06. The molecule has 1 saturated heterocycles. The fraction of sp³-hybridized carbons (Fsp3) is 0.588. The van der Waals surface area contributed by atoms with E-state index in [1.54, 1.807) is 0 Å². The van der Waals surface area contributed by atoms with Gasteiger partial charge in [-0.2, -0.15) is 0 Å². The number of carbonyl (C=O) groups excluding carboxylic acids is 1. The summed E-state index contributed by atoms with van der Waals surface area (Å²) in [5, 5.41) is 12.6. The van der Waals surface area contributed by atoms with Crippen molar-refractivity contribution < 1.29 is 14.6 Å². The summed E-state index contributed by atoms with van der Waals surface area (Å²) < 4.78 is 5.75. The van der Waals surface area contributed by atoms with Gasteiger partial charge in [0.15, 0.2) is 6.61 Å². The molecule has 23 heavy (non-hydrogen) atoms. The van der Waals surface area contributed by atoms with E-state index in [1.165, 1.54) is 0 Å². The van der Waals surface area contributed by atoms with Crippen molar-refractivity contribution >= 4 is 23.2 Å². The third-order valence-corrected chi connectivity index (χ3v) is 4.34. The molecule has 1 aliphatic rings. The largest absolute Gasteiger partial charge is 0.483 e. The van der Waals surface area contributed by atoms with Crippen LogP contribution in [0.1, 0.15) is 24.0 Å². The van der Waals surface area contributed by atoms with Gasteiger partial charge in [0.2, 0.25) is 0 Å². The lowest BCUT2D eigenvalue weighted by molar-refractivity contribution is -0.132. The molecule has 0 aliphatic carbocycles. The number of hydrogen-bond donors (Lipinski definition) is 2. The monoisotopic (exact) mass is 340 g/mol. The summed E-state index contributed by atoms with van der Waals surface area (Å²) in [6.07, 6.45) is 1.59. The van der Waals surface area contributed by atoms with Crippen LogP contribution in [0.5, 0.6) is 5.75 Å². The minimum Gasteiger partial charge on any atom is -0.483 e. The van der Waals surface area contributed by atoms with Crippen molar-refractivity contribution in [1.29, 1.82) is 0 Å². The smallest absolute Gasteiger partial charge is 0.260 e. The predicted molar refractivity (Wildman–Crippen MR) is 92.4 cm³/mol. The van der Waals surface area contributed by atoms with Gasteiger partial charge in [0, 0.05) is 25.3 Å². The molecule has 1 aliphatic heterocycles. The van der Waals surface area contributed by atoms with Gasteiger partial charge in [-0.1, -0.05) is 0 Å². The van der Waals surface area contributed by atoms with Crippen molar-refractivity contribution in [2.75, 3.05) is 37.4 Å². The Morgan fingerprint density at radius 1 is 1.35 bits per heavy atom. The Morgan fingerprint density at radius 3 is 2.52 bits per heavy atom. The summed E-state index contributed by atoms with van der Waals surface area (Å²) in [5.74, 6) is 1.000. The first-order valence-corrected chi connectivity index (χ1v) is 8.54. The number of alkyl halides is 1. The number of nitrogens with zero attached hydrogens (tertiary/aromatic N) is 1. The van der Waals surface area contributed by atoms with Gasteiger partial charge in [0.25, 0.3) is 5.91 Å². The molecule has 6 heteroatoms. The van der Waals surface area contributed by atoms with E-state index in [2.05, 4.69) is 5.32 Å². The number of hydrogen-bond acceptors (Lipinski definition) is 4. The Kier molecular flexibility index (Phi) is 6.54. The Labute approximate surface area is 142 Å². The number of ether oxygens (including phenoxy) is 1. The van der Waals surface area contributed by atoms with Gasteiger partial charge >= 0.3 is 0 Å². The lowest BCUT2D eigenvalue weighted by Gasteiger charge is -2.18. The van der Waals surface area contributed by atoms with Crippen LogP contribution in [0, 0.1) is 13.8 Å². The molecule has 0 spiro atoms. The lowest BCUT2D eigenvalue weighted by atomic mass is 10.1. The molecule has 1 aromatic rings. The van der Waals surface area contributed by atoms with Crippen molar-refractivity contribution in [3.8, 4) is 5.75 Å². The quantitative estimate of drug-likeness (QED) is 0.748. The molecule has 2 N–H and O–H groups in total. The summed E-state index contributed by atoms with van der Waals surface area (Å²) in [6, 6.07) is 3.90. The van der Waals surface area contributed by atoms with Crippen LogP contribution in [0.3, 0.4) is 0 Å². The Hall–Kier alpha value is -1.46. The maximum atomic E-state index is 12.1. The standard InChI is InChI=1S/C17H25ClN2O3/c1-12-7-14(19-10-15(21)9-18)8-13(2)17(12)23-11-16(22)20-5-3-4-6-20/h7-8,15,19,21H,3-6,9-11H2,1-2H3. The zero-order valence-electron chi connectivity index (χ0n) is 13.8. The van der Waals surface area contributed by atoms with Crippen molar-refractivity contribution in [2.45, 2.75) is 32.8 Å². The van der Waals surface area contributed by atoms with Crippen LogP contribution in [0.2, 0.25) is 0 Å². The normalized spacial score (nSPS) is 15.6. The summed E-state index contributed by atoms with van der Waals surface area (Å²) in [4.78, 5) is 13.9. The van der Waals surface area contributed by atoms with Gasteiger partial charge in [-0.05, 0) is 49.9 Å². The van der Waals surface area contributed by atoms with Gasteiger partial charge in [0.05, 0.1) is 12.0 Å². The van der Waals surface area contributed by atoms with Crippen LogP contribution >= 0.6 is 11.6 Å². The molecule has 1 amide bonds. The van der Waals surface area contributed by atoms with Crippen LogP contribution in [-0.2, 0) is 4.79 Å². The number of aliphatic hydroxyl groups excluding tert-OH is 1. The fourth-order valence-corrected chi connectivity index (χ4v) is 2.87. The second-order valence-corrected chi connectivity index (χ2v) is 6.31. The zero-order valence-corrected chi connectivity index (χ0v) is 14.5. The van der Waals surface area contributed by atoms with Crippen molar-refractivity contribution in [2.24, 2.45) is 0 Å². The first kappa shape index (κ1) is 17.9. The SMILES string of the molecule is Cc1cc(NCC(O)CCl)cc(C)c1OCC(=O)N1CCCC1. The molecular weight excluding hydrogens is 316 g/mol. The number of halogens is 1. The first-order chi connectivity index (χ1) is 11.0. The van der Waals surface area contributed by atoms with Gasteiger partial charge in [-0.15, -0.1) is 11.6 Å². The van der Waals surface area contributed by atoms with E-state index in [9.17, 15) is 9.90 Å². The molecular formula is C17H25ClN2O3. The first-order valence-electron chi connectivity index (χ1n) is 8.01. The molecule has 1 aromatic carbocycles. The summed E-state index contributed by atoms with van der Waals surface area (Å²) >= 11 is 5.58. The average molecular weight is 341 g/mol. The second kappa shape index (κ2) is 8.41. The van der Waals surface area contributed by atoms with Crippen LogP contribution in [0.25, 0.3) is 0 Å². The molecule has 1 atom stereocenters. The molecule has 0 aromatic heterocycles. The number of carbonyl (C=O) groups is 1. The Bertz CT molecular complexity index is 522. The number of likely N-dealkylation sites (tertiary alicyclic amines) is 1. The highest BCUT2D eigenvalue weighted by Crippen LogP contribution is 2.27. The number of aliphatic hydroxyl groups is 1. The molecule has 5 nitrogen and oxygen atoms in total. The van der Waals surface area contributed by atoms with E-state index < -0.39 is 6.10 Å². The third-order valence-electron chi connectivity index (χ3n) is 3.98. The van der Waals surface area contributed by atoms with E-state index in [-0.39, 0.29) is 18.4 Å². The Balaban J connectivity index is 1.95. The summed E-state index contributed by atoms with van der Waals surface area (Å²) in [5.41, 5.74) is 2.83. The minimum atomic E-state index is -0.578. The highest BCUT2D eigenvalue weighted by Gasteiger charge is 2.19. The molecule has 128 valence electrons. The van der Waals surface area contributed by atoms with E-state index in [1.807, 2.05) is 30.9 Å². The maximum absolute atomic E-state index is 12.1. The number of benzene rings is 1. The molecule has 0 bridgehead atoms.